The fourth-order valence-corrected chi connectivity index (χ4v) is 2.02. The molecule has 0 aliphatic rings. The van der Waals surface area contributed by atoms with E-state index < -0.39 is 11.9 Å². The van der Waals surface area contributed by atoms with Gasteiger partial charge < -0.3 is 9.52 Å². The molecule has 20 heavy (non-hydrogen) atoms. The lowest BCUT2D eigenvalue weighted by Gasteiger charge is -2.01. The van der Waals surface area contributed by atoms with Crippen LogP contribution in [-0.4, -0.2) is 26.3 Å². The van der Waals surface area contributed by atoms with E-state index in [1.165, 1.54) is 0 Å². The van der Waals surface area contributed by atoms with Gasteiger partial charge in [0, 0.05) is 11.6 Å². The summed E-state index contributed by atoms with van der Waals surface area (Å²) in [6.07, 6.45) is 1.93. The maximum atomic E-state index is 10.7. The van der Waals surface area contributed by atoms with E-state index in [1.54, 1.807) is 6.20 Å². The van der Waals surface area contributed by atoms with Gasteiger partial charge >= 0.3 is 11.9 Å². The molecule has 1 N–H and O–H groups in total. The first kappa shape index (κ1) is 12.6. The zero-order valence-electron chi connectivity index (χ0n) is 10.1. The van der Waals surface area contributed by atoms with E-state index in [1.807, 2.05) is 24.3 Å². The SMILES string of the molecule is O=C(O)c1nnc(Cc2ccc3ncc(Cl)cc3c2)o1. The molecule has 2 heterocycles. The van der Waals surface area contributed by atoms with Crippen LogP contribution in [0.5, 0.6) is 0 Å². The van der Waals surface area contributed by atoms with Crippen molar-refractivity contribution in [3.63, 3.8) is 0 Å². The average Bonchev–Trinajstić information content (AvgIpc) is 2.87. The van der Waals surface area contributed by atoms with Crippen LogP contribution in [0.15, 0.2) is 34.9 Å². The summed E-state index contributed by atoms with van der Waals surface area (Å²) in [5, 5.41) is 17.3. The van der Waals surface area contributed by atoms with Crippen molar-refractivity contribution in [1.82, 2.24) is 15.2 Å². The largest absolute Gasteiger partial charge is 0.474 e. The number of carboxylic acids is 1. The van der Waals surface area contributed by atoms with Gasteiger partial charge in [-0.25, -0.2) is 4.79 Å². The number of carbonyl (C=O) groups is 1. The lowest BCUT2D eigenvalue weighted by atomic mass is 10.1. The smallest absolute Gasteiger partial charge is 0.393 e. The molecule has 0 aliphatic carbocycles. The van der Waals surface area contributed by atoms with Gasteiger partial charge in [-0.2, -0.15) is 0 Å². The van der Waals surface area contributed by atoms with Gasteiger partial charge in [0.15, 0.2) is 0 Å². The zero-order chi connectivity index (χ0) is 14.1. The highest BCUT2D eigenvalue weighted by atomic mass is 35.5. The third-order valence-electron chi connectivity index (χ3n) is 2.72. The highest BCUT2D eigenvalue weighted by Crippen LogP contribution is 2.19. The molecule has 0 aliphatic heterocycles. The highest BCUT2D eigenvalue weighted by molar-refractivity contribution is 6.31. The average molecular weight is 290 g/mol. The summed E-state index contributed by atoms with van der Waals surface area (Å²) < 4.78 is 5.02. The van der Waals surface area contributed by atoms with Gasteiger partial charge in [-0.15, -0.1) is 10.2 Å². The number of aromatic carboxylic acids is 1. The monoisotopic (exact) mass is 289 g/mol. The predicted octanol–water partition coefficient (Wildman–Crippen LogP) is 2.56. The Morgan fingerprint density at radius 3 is 2.90 bits per heavy atom. The summed E-state index contributed by atoms with van der Waals surface area (Å²) in [6.45, 7) is 0. The Bertz CT molecular complexity index is 800. The van der Waals surface area contributed by atoms with Gasteiger partial charge in [-0.3, -0.25) is 4.98 Å². The molecule has 0 fully saturated rings. The minimum atomic E-state index is -1.24. The number of nitrogens with zero attached hydrogens (tertiary/aromatic N) is 3. The van der Waals surface area contributed by atoms with Crippen molar-refractivity contribution < 1.29 is 14.3 Å². The van der Waals surface area contributed by atoms with E-state index in [9.17, 15) is 4.79 Å². The normalized spacial score (nSPS) is 10.8. The van der Waals surface area contributed by atoms with E-state index in [0.29, 0.717) is 11.4 Å². The molecular weight excluding hydrogens is 282 g/mol. The molecule has 0 saturated carbocycles. The van der Waals surface area contributed by atoms with E-state index in [2.05, 4.69) is 15.2 Å². The Morgan fingerprint density at radius 1 is 1.30 bits per heavy atom. The molecule has 3 aromatic rings. The van der Waals surface area contributed by atoms with E-state index in [-0.39, 0.29) is 5.89 Å². The number of carboxylic acid groups (broad SMARTS) is 1. The second kappa shape index (κ2) is 4.90. The van der Waals surface area contributed by atoms with Crippen LogP contribution in [0.4, 0.5) is 0 Å². The maximum absolute atomic E-state index is 10.7. The topological polar surface area (TPSA) is 89.1 Å². The quantitative estimate of drug-likeness (QED) is 0.797. The third kappa shape index (κ3) is 2.46. The van der Waals surface area contributed by atoms with Gasteiger partial charge in [0.1, 0.15) is 0 Å². The Balaban J connectivity index is 1.91. The minimum Gasteiger partial charge on any atom is -0.474 e. The summed E-state index contributed by atoms with van der Waals surface area (Å²) in [5.74, 6) is -1.40. The van der Waals surface area contributed by atoms with Crippen LogP contribution in [0, 0.1) is 0 Å². The maximum Gasteiger partial charge on any atom is 0.393 e. The molecule has 1 aromatic carbocycles. The molecule has 0 bridgehead atoms. The van der Waals surface area contributed by atoms with Crippen molar-refractivity contribution in [3.8, 4) is 0 Å². The first-order valence-electron chi connectivity index (χ1n) is 5.72. The standard InChI is InChI=1S/C13H8ClN3O3/c14-9-5-8-3-7(1-2-10(8)15-6-9)4-11-16-17-12(20-11)13(18)19/h1-3,5-6H,4H2,(H,18,19). The van der Waals surface area contributed by atoms with Crippen LogP contribution in [0.1, 0.15) is 22.1 Å². The second-order valence-corrected chi connectivity index (χ2v) is 4.60. The number of hydrogen-bond acceptors (Lipinski definition) is 5. The first-order valence-corrected chi connectivity index (χ1v) is 6.09. The van der Waals surface area contributed by atoms with Crippen molar-refractivity contribution in [2.24, 2.45) is 0 Å². The van der Waals surface area contributed by atoms with Gasteiger partial charge in [-0.1, -0.05) is 17.7 Å². The summed E-state index contributed by atoms with van der Waals surface area (Å²) in [5.41, 5.74) is 1.73. The van der Waals surface area contributed by atoms with Gasteiger partial charge in [0.25, 0.3) is 0 Å². The molecular formula is C13H8ClN3O3. The molecule has 0 amide bonds. The van der Waals surface area contributed by atoms with Crippen LogP contribution < -0.4 is 0 Å². The Kier molecular flexibility index (Phi) is 3.08. The molecule has 0 saturated heterocycles. The third-order valence-corrected chi connectivity index (χ3v) is 2.92. The molecule has 0 spiro atoms. The summed E-state index contributed by atoms with van der Waals surface area (Å²) in [4.78, 5) is 14.9. The predicted molar refractivity (Wildman–Crippen MR) is 70.8 cm³/mol. The number of benzene rings is 1. The molecule has 0 unspecified atom stereocenters. The number of pyridine rings is 1. The van der Waals surface area contributed by atoms with E-state index in [4.69, 9.17) is 21.1 Å². The second-order valence-electron chi connectivity index (χ2n) is 4.16. The molecule has 6 nitrogen and oxygen atoms in total. The highest BCUT2D eigenvalue weighted by Gasteiger charge is 2.13. The number of halogens is 1. The minimum absolute atomic E-state index is 0.247. The van der Waals surface area contributed by atoms with Crippen molar-refractivity contribution in [1.29, 1.82) is 0 Å². The Morgan fingerprint density at radius 2 is 2.15 bits per heavy atom. The Labute approximate surface area is 118 Å². The summed E-state index contributed by atoms with van der Waals surface area (Å²) in [6, 6.07) is 7.44. The van der Waals surface area contributed by atoms with Gasteiger partial charge in [-0.05, 0) is 23.8 Å². The number of rotatable bonds is 3. The molecule has 2 aromatic heterocycles. The summed E-state index contributed by atoms with van der Waals surface area (Å²) >= 11 is 5.90. The molecule has 0 radical (unpaired) electrons. The molecule has 3 rings (SSSR count). The van der Waals surface area contributed by atoms with Crippen LogP contribution in [-0.2, 0) is 6.42 Å². The number of aromatic nitrogens is 3. The zero-order valence-corrected chi connectivity index (χ0v) is 10.8. The fourth-order valence-electron chi connectivity index (χ4n) is 1.85. The molecule has 7 heteroatoms. The van der Waals surface area contributed by atoms with Gasteiger partial charge in [0.05, 0.1) is 17.0 Å². The summed E-state index contributed by atoms with van der Waals surface area (Å²) in [7, 11) is 0. The van der Waals surface area contributed by atoms with Crippen molar-refractivity contribution in [2.75, 3.05) is 0 Å². The van der Waals surface area contributed by atoms with Crippen molar-refractivity contribution >= 4 is 28.5 Å². The lowest BCUT2D eigenvalue weighted by molar-refractivity contribution is 0.0651. The number of fused-ring (bicyclic) bond motifs is 1. The van der Waals surface area contributed by atoms with Crippen LogP contribution in [0.25, 0.3) is 10.9 Å². The Hall–Kier alpha value is -2.47. The van der Waals surface area contributed by atoms with Gasteiger partial charge in [0.2, 0.25) is 5.89 Å². The lowest BCUT2D eigenvalue weighted by Crippen LogP contribution is -1.95. The fraction of sp³-hybridized carbons (Fsp3) is 0.0769. The van der Waals surface area contributed by atoms with Crippen LogP contribution >= 0.6 is 11.6 Å². The van der Waals surface area contributed by atoms with E-state index in [0.717, 1.165) is 16.5 Å². The van der Waals surface area contributed by atoms with Crippen molar-refractivity contribution in [2.45, 2.75) is 6.42 Å². The molecule has 0 atom stereocenters. The van der Waals surface area contributed by atoms with Crippen LogP contribution in [0.3, 0.4) is 0 Å². The number of hydrogen-bond donors (Lipinski definition) is 1. The van der Waals surface area contributed by atoms with E-state index >= 15 is 0 Å². The van der Waals surface area contributed by atoms with Crippen molar-refractivity contribution in [3.05, 3.63) is 52.8 Å². The molecule has 100 valence electrons. The first-order chi connectivity index (χ1) is 9.61. The van der Waals surface area contributed by atoms with Crippen LogP contribution in [0.2, 0.25) is 5.02 Å².